The summed E-state index contributed by atoms with van der Waals surface area (Å²) in [6, 6.07) is 8.63. The van der Waals surface area contributed by atoms with Gasteiger partial charge in [0.05, 0.1) is 5.56 Å². The molecule has 1 aromatic carbocycles. The molecule has 0 spiro atoms. The van der Waals surface area contributed by atoms with Crippen LogP contribution in [0.15, 0.2) is 42.5 Å². The predicted octanol–water partition coefficient (Wildman–Crippen LogP) is 2.90. The van der Waals surface area contributed by atoms with Crippen molar-refractivity contribution < 1.29 is 22.7 Å². The molecule has 0 amide bonds. The predicted molar refractivity (Wildman–Crippen MR) is 65.1 cm³/mol. The Kier molecular flexibility index (Phi) is 3.60. The number of halogens is 3. The Morgan fingerprint density at radius 3 is 2.45 bits per heavy atom. The normalized spacial score (nSPS) is 11.2. The Hall–Kier alpha value is -2.57. The van der Waals surface area contributed by atoms with Crippen molar-refractivity contribution >= 4 is 11.8 Å². The Bertz CT molecular complexity index is 642. The van der Waals surface area contributed by atoms with E-state index in [0.29, 0.717) is 0 Å². The van der Waals surface area contributed by atoms with E-state index < -0.39 is 23.5 Å². The van der Waals surface area contributed by atoms with Crippen LogP contribution in [-0.4, -0.2) is 11.0 Å². The van der Waals surface area contributed by atoms with Crippen LogP contribution in [0.3, 0.4) is 0 Å². The maximum Gasteiger partial charge on any atom is 0.419 e. The Morgan fingerprint density at radius 1 is 1.10 bits per heavy atom. The fourth-order valence-electron chi connectivity index (χ4n) is 1.51. The number of ether oxygens (including phenoxy) is 1. The van der Waals surface area contributed by atoms with Crippen LogP contribution in [0.1, 0.15) is 16.1 Å². The molecule has 2 rings (SSSR count). The van der Waals surface area contributed by atoms with Crippen molar-refractivity contribution in [3.63, 3.8) is 0 Å². The Morgan fingerprint density at radius 2 is 1.80 bits per heavy atom. The van der Waals surface area contributed by atoms with Gasteiger partial charge in [-0.05, 0) is 24.3 Å². The number of pyridine rings is 1. The van der Waals surface area contributed by atoms with Gasteiger partial charge in [-0.1, -0.05) is 18.2 Å². The van der Waals surface area contributed by atoms with Crippen molar-refractivity contribution in [2.75, 3.05) is 5.73 Å². The highest BCUT2D eigenvalue weighted by Gasteiger charge is 2.34. The standard InChI is InChI=1S/C13H9F3N2O2/c14-13(15,16)8-4-1-2-6-10(8)20-12(19)9-5-3-7-11(17)18-9/h1-7H,(H2,17,18). The number of rotatable bonds is 2. The number of para-hydroxylation sites is 1. The quantitative estimate of drug-likeness (QED) is 0.679. The maximum atomic E-state index is 12.7. The first-order valence-corrected chi connectivity index (χ1v) is 5.49. The zero-order valence-electron chi connectivity index (χ0n) is 10.0. The molecule has 1 aromatic heterocycles. The lowest BCUT2D eigenvalue weighted by Gasteiger charge is -2.12. The summed E-state index contributed by atoms with van der Waals surface area (Å²) in [4.78, 5) is 15.4. The Labute approximate surface area is 112 Å². The van der Waals surface area contributed by atoms with Crippen LogP contribution in [0.2, 0.25) is 0 Å². The first-order chi connectivity index (χ1) is 9.38. The summed E-state index contributed by atoms with van der Waals surface area (Å²) in [6.45, 7) is 0. The minimum Gasteiger partial charge on any atom is -0.421 e. The van der Waals surface area contributed by atoms with E-state index in [4.69, 9.17) is 10.5 Å². The summed E-state index contributed by atoms with van der Waals surface area (Å²) < 4.78 is 43.0. The average molecular weight is 282 g/mol. The fourth-order valence-corrected chi connectivity index (χ4v) is 1.51. The molecular formula is C13H9F3N2O2. The molecule has 0 atom stereocenters. The number of esters is 1. The van der Waals surface area contributed by atoms with Crippen LogP contribution < -0.4 is 10.5 Å². The molecule has 1 heterocycles. The first kappa shape index (κ1) is 13.9. The van der Waals surface area contributed by atoms with E-state index in [-0.39, 0.29) is 11.5 Å². The smallest absolute Gasteiger partial charge is 0.419 e. The maximum absolute atomic E-state index is 12.7. The van der Waals surface area contributed by atoms with Gasteiger partial charge in [0.15, 0.2) is 5.69 Å². The monoisotopic (exact) mass is 282 g/mol. The molecule has 0 aliphatic rings. The second kappa shape index (κ2) is 5.20. The number of carbonyl (C=O) groups is 1. The van der Waals surface area contributed by atoms with E-state index in [1.54, 1.807) is 0 Å². The minimum atomic E-state index is -4.61. The number of hydrogen-bond acceptors (Lipinski definition) is 4. The van der Waals surface area contributed by atoms with E-state index in [1.165, 1.54) is 30.3 Å². The van der Waals surface area contributed by atoms with Gasteiger partial charge in [0.1, 0.15) is 11.6 Å². The summed E-state index contributed by atoms with van der Waals surface area (Å²) in [7, 11) is 0. The van der Waals surface area contributed by atoms with Gasteiger partial charge in [-0.2, -0.15) is 13.2 Å². The third kappa shape index (κ3) is 3.05. The third-order valence-electron chi connectivity index (χ3n) is 2.37. The molecule has 0 radical (unpaired) electrons. The molecule has 0 saturated carbocycles. The molecule has 4 nitrogen and oxygen atoms in total. The van der Waals surface area contributed by atoms with Gasteiger partial charge < -0.3 is 10.5 Å². The number of carbonyl (C=O) groups excluding carboxylic acids is 1. The van der Waals surface area contributed by atoms with Crippen LogP contribution in [0.25, 0.3) is 0 Å². The largest absolute Gasteiger partial charge is 0.421 e. The average Bonchev–Trinajstić information content (AvgIpc) is 2.38. The number of nitrogens with two attached hydrogens (primary N) is 1. The second-order valence-electron chi connectivity index (χ2n) is 3.83. The molecule has 0 fully saturated rings. The number of nitrogen functional groups attached to an aromatic ring is 1. The second-order valence-corrected chi connectivity index (χ2v) is 3.83. The van der Waals surface area contributed by atoms with Crippen molar-refractivity contribution in [2.45, 2.75) is 6.18 Å². The molecular weight excluding hydrogens is 273 g/mol. The van der Waals surface area contributed by atoms with Crippen LogP contribution in [0.4, 0.5) is 19.0 Å². The number of anilines is 1. The highest BCUT2D eigenvalue weighted by molar-refractivity contribution is 5.89. The van der Waals surface area contributed by atoms with Crippen molar-refractivity contribution in [2.24, 2.45) is 0 Å². The highest BCUT2D eigenvalue weighted by Crippen LogP contribution is 2.36. The summed E-state index contributed by atoms with van der Waals surface area (Å²) in [6.07, 6.45) is -4.61. The van der Waals surface area contributed by atoms with Crippen LogP contribution in [0, 0.1) is 0 Å². The zero-order chi connectivity index (χ0) is 14.8. The molecule has 2 N–H and O–H groups in total. The van der Waals surface area contributed by atoms with E-state index in [2.05, 4.69) is 4.98 Å². The lowest BCUT2D eigenvalue weighted by Crippen LogP contribution is -2.15. The Balaban J connectivity index is 2.29. The molecule has 20 heavy (non-hydrogen) atoms. The number of aromatic nitrogens is 1. The van der Waals surface area contributed by atoms with Crippen molar-refractivity contribution in [3.8, 4) is 5.75 Å². The van der Waals surface area contributed by atoms with Gasteiger partial charge in [0, 0.05) is 0 Å². The highest BCUT2D eigenvalue weighted by atomic mass is 19.4. The SMILES string of the molecule is Nc1cccc(C(=O)Oc2ccccc2C(F)(F)F)n1. The molecule has 7 heteroatoms. The molecule has 0 aliphatic heterocycles. The van der Waals surface area contributed by atoms with E-state index in [1.807, 2.05) is 0 Å². The number of nitrogens with zero attached hydrogens (tertiary/aromatic N) is 1. The van der Waals surface area contributed by atoms with Gasteiger partial charge in [-0.25, -0.2) is 9.78 Å². The molecule has 0 aliphatic carbocycles. The van der Waals surface area contributed by atoms with Gasteiger partial charge in [0.25, 0.3) is 0 Å². The van der Waals surface area contributed by atoms with Crippen LogP contribution in [-0.2, 0) is 6.18 Å². The summed E-state index contributed by atoms with van der Waals surface area (Å²) in [5, 5.41) is 0. The minimum absolute atomic E-state index is 0.0727. The van der Waals surface area contributed by atoms with Gasteiger partial charge in [0.2, 0.25) is 0 Å². The fraction of sp³-hybridized carbons (Fsp3) is 0.0769. The van der Waals surface area contributed by atoms with Crippen LogP contribution >= 0.6 is 0 Å². The molecule has 0 saturated heterocycles. The van der Waals surface area contributed by atoms with E-state index in [0.717, 1.165) is 12.1 Å². The third-order valence-corrected chi connectivity index (χ3v) is 2.37. The van der Waals surface area contributed by atoms with Gasteiger partial charge in [-0.15, -0.1) is 0 Å². The lowest BCUT2D eigenvalue weighted by atomic mass is 10.2. The van der Waals surface area contributed by atoms with Gasteiger partial charge >= 0.3 is 12.1 Å². The van der Waals surface area contributed by atoms with Crippen molar-refractivity contribution in [3.05, 3.63) is 53.7 Å². The number of alkyl halides is 3. The summed E-state index contributed by atoms with van der Waals surface area (Å²) >= 11 is 0. The summed E-state index contributed by atoms with van der Waals surface area (Å²) in [5.74, 6) is -1.51. The first-order valence-electron chi connectivity index (χ1n) is 5.49. The summed E-state index contributed by atoms with van der Waals surface area (Å²) in [5.41, 5.74) is 4.19. The topological polar surface area (TPSA) is 65.2 Å². The lowest BCUT2D eigenvalue weighted by molar-refractivity contribution is -0.138. The number of benzene rings is 1. The number of hydrogen-bond donors (Lipinski definition) is 1. The molecule has 0 bridgehead atoms. The zero-order valence-corrected chi connectivity index (χ0v) is 10.0. The molecule has 2 aromatic rings. The van der Waals surface area contributed by atoms with Crippen LogP contribution in [0.5, 0.6) is 5.75 Å². The molecule has 104 valence electrons. The molecule has 0 unspecified atom stereocenters. The van der Waals surface area contributed by atoms with Crippen molar-refractivity contribution in [1.29, 1.82) is 0 Å². The van der Waals surface area contributed by atoms with E-state index >= 15 is 0 Å². The van der Waals surface area contributed by atoms with Gasteiger partial charge in [-0.3, -0.25) is 0 Å². The van der Waals surface area contributed by atoms with E-state index in [9.17, 15) is 18.0 Å². The van der Waals surface area contributed by atoms with Crippen molar-refractivity contribution in [1.82, 2.24) is 4.98 Å².